The molecule has 1 saturated heterocycles. The number of hydrogen-bond donors (Lipinski definition) is 2. The van der Waals surface area contributed by atoms with E-state index in [1.54, 1.807) is 0 Å². The van der Waals surface area contributed by atoms with E-state index >= 15 is 0 Å². The molecule has 1 rings (SSSR count). The Morgan fingerprint density at radius 2 is 2.00 bits per heavy atom. The molecule has 5 nitrogen and oxygen atoms in total. The highest BCUT2D eigenvalue weighted by Gasteiger charge is 2.18. The molecule has 0 bridgehead atoms. The van der Waals surface area contributed by atoms with Crippen molar-refractivity contribution in [2.75, 3.05) is 26.2 Å². The first-order valence-corrected chi connectivity index (χ1v) is 7.48. The molecule has 2 amide bonds. The van der Waals surface area contributed by atoms with Crippen LogP contribution in [0.4, 0.5) is 0 Å². The van der Waals surface area contributed by atoms with Gasteiger partial charge in [-0.25, -0.2) is 0 Å². The van der Waals surface area contributed by atoms with E-state index < -0.39 is 0 Å². The third-order valence-corrected chi connectivity index (χ3v) is 3.46. The van der Waals surface area contributed by atoms with Crippen molar-refractivity contribution in [2.45, 2.75) is 51.4 Å². The molecule has 0 unspecified atom stereocenters. The van der Waals surface area contributed by atoms with E-state index in [2.05, 4.69) is 5.32 Å². The Bertz CT molecular complexity index is 282. The minimum absolute atomic E-state index is 0.125. The van der Waals surface area contributed by atoms with Crippen molar-refractivity contribution in [1.82, 2.24) is 10.2 Å². The number of unbranched alkanes of at least 4 members (excludes halogenated alkanes) is 3. The second kappa shape index (κ2) is 9.78. The fraction of sp³-hybridized carbons (Fsp3) is 0.857. The monoisotopic (exact) mass is 269 g/mol. The molecule has 5 heteroatoms. The molecule has 0 aromatic heterocycles. The van der Waals surface area contributed by atoms with E-state index in [4.69, 9.17) is 5.73 Å². The number of hydrogen-bond acceptors (Lipinski definition) is 3. The molecule has 0 aromatic rings. The van der Waals surface area contributed by atoms with Gasteiger partial charge in [0.2, 0.25) is 11.8 Å². The zero-order valence-electron chi connectivity index (χ0n) is 11.8. The van der Waals surface area contributed by atoms with Gasteiger partial charge in [0.15, 0.2) is 0 Å². The van der Waals surface area contributed by atoms with Crippen LogP contribution in [-0.4, -0.2) is 42.9 Å². The van der Waals surface area contributed by atoms with E-state index in [1.165, 1.54) is 0 Å². The van der Waals surface area contributed by atoms with E-state index in [-0.39, 0.29) is 11.8 Å². The fourth-order valence-corrected chi connectivity index (χ4v) is 2.31. The summed E-state index contributed by atoms with van der Waals surface area (Å²) in [5, 5.41) is 2.91. The van der Waals surface area contributed by atoms with Gasteiger partial charge in [0.1, 0.15) is 0 Å². The lowest BCUT2D eigenvalue weighted by Gasteiger charge is -2.15. The van der Waals surface area contributed by atoms with Gasteiger partial charge in [-0.15, -0.1) is 0 Å². The van der Waals surface area contributed by atoms with Crippen molar-refractivity contribution in [3.05, 3.63) is 0 Å². The van der Waals surface area contributed by atoms with Gasteiger partial charge in [-0.1, -0.05) is 12.8 Å². The van der Waals surface area contributed by atoms with Crippen LogP contribution in [0.1, 0.15) is 51.4 Å². The van der Waals surface area contributed by atoms with E-state index in [9.17, 15) is 9.59 Å². The second-order valence-corrected chi connectivity index (χ2v) is 5.14. The van der Waals surface area contributed by atoms with Crippen LogP contribution < -0.4 is 11.1 Å². The zero-order chi connectivity index (χ0) is 13.9. The number of likely N-dealkylation sites (tertiary alicyclic amines) is 1. The van der Waals surface area contributed by atoms with Gasteiger partial charge in [0, 0.05) is 32.5 Å². The lowest BCUT2D eigenvalue weighted by Crippen LogP contribution is -2.30. The summed E-state index contributed by atoms with van der Waals surface area (Å²) < 4.78 is 0. The fourth-order valence-electron chi connectivity index (χ4n) is 2.31. The summed E-state index contributed by atoms with van der Waals surface area (Å²) in [4.78, 5) is 24.8. The molecule has 110 valence electrons. The summed E-state index contributed by atoms with van der Waals surface area (Å²) in [5.41, 5.74) is 5.41. The lowest BCUT2D eigenvalue weighted by atomic mass is 10.1. The standard InChI is InChI=1S/C14H27N3O2/c15-9-4-2-1-3-7-13(18)16-10-6-12-17-11-5-8-14(17)19/h1-12,15H2,(H,16,18). The summed E-state index contributed by atoms with van der Waals surface area (Å²) in [7, 11) is 0. The number of carbonyl (C=O) groups excluding carboxylic acids is 2. The molecule has 0 aliphatic carbocycles. The average molecular weight is 269 g/mol. The highest BCUT2D eigenvalue weighted by Crippen LogP contribution is 2.09. The van der Waals surface area contributed by atoms with Crippen molar-refractivity contribution in [2.24, 2.45) is 5.73 Å². The molecule has 0 atom stereocenters. The van der Waals surface area contributed by atoms with Crippen LogP contribution in [0.3, 0.4) is 0 Å². The number of rotatable bonds is 10. The minimum atomic E-state index is 0.125. The number of nitrogens with zero attached hydrogens (tertiary/aromatic N) is 1. The van der Waals surface area contributed by atoms with Gasteiger partial charge >= 0.3 is 0 Å². The first-order valence-electron chi connectivity index (χ1n) is 7.48. The Morgan fingerprint density at radius 3 is 2.68 bits per heavy atom. The van der Waals surface area contributed by atoms with Gasteiger partial charge in [-0.2, -0.15) is 0 Å². The third-order valence-electron chi connectivity index (χ3n) is 3.46. The van der Waals surface area contributed by atoms with Crippen LogP contribution in [0, 0.1) is 0 Å². The minimum Gasteiger partial charge on any atom is -0.356 e. The number of nitrogens with two attached hydrogens (primary N) is 1. The topological polar surface area (TPSA) is 75.4 Å². The van der Waals surface area contributed by atoms with Crippen molar-refractivity contribution >= 4 is 11.8 Å². The van der Waals surface area contributed by atoms with Crippen molar-refractivity contribution in [3.63, 3.8) is 0 Å². The Morgan fingerprint density at radius 1 is 1.21 bits per heavy atom. The lowest BCUT2D eigenvalue weighted by molar-refractivity contribution is -0.127. The van der Waals surface area contributed by atoms with Crippen LogP contribution in [-0.2, 0) is 9.59 Å². The van der Waals surface area contributed by atoms with Crippen LogP contribution in [0.25, 0.3) is 0 Å². The first kappa shape index (κ1) is 16.0. The van der Waals surface area contributed by atoms with Crippen LogP contribution in [0.2, 0.25) is 0 Å². The Labute approximate surface area is 115 Å². The van der Waals surface area contributed by atoms with Crippen LogP contribution >= 0.6 is 0 Å². The van der Waals surface area contributed by atoms with Crippen molar-refractivity contribution in [1.29, 1.82) is 0 Å². The molecule has 3 N–H and O–H groups in total. The van der Waals surface area contributed by atoms with Gasteiger partial charge in [0.05, 0.1) is 0 Å². The van der Waals surface area contributed by atoms with Crippen molar-refractivity contribution in [3.8, 4) is 0 Å². The normalized spacial score (nSPS) is 15.0. The van der Waals surface area contributed by atoms with Gasteiger partial charge in [-0.05, 0) is 32.2 Å². The summed E-state index contributed by atoms with van der Waals surface area (Å²) in [5.74, 6) is 0.381. The van der Waals surface area contributed by atoms with Crippen LogP contribution in [0.15, 0.2) is 0 Å². The zero-order valence-corrected chi connectivity index (χ0v) is 11.8. The number of amides is 2. The average Bonchev–Trinajstić information content (AvgIpc) is 2.80. The predicted octanol–water partition coefficient (Wildman–Crippen LogP) is 1.02. The summed E-state index contributed by atoms with van der Waals surface area (Å²) >= 11 is 0. The SMILES string of the molecule is NCCCCCCC(=O)NCCCN1CCCC1=O. The second-order valence-electron chi connectivity index (χ2n) is 5.14. The molecule has 0 saturated carbocycles. The summed E-state index contributed by atoms with van der Waals surface area (Å²) in [6.07, 6.45) is 7.30. The quantitative estimate of drug-likeness (QED) is 0.582. The van der Waals surface area contributed by atoms with Gasteiger partial charge < -0.3 is 16.0 Å². The molecule has 19 heavy (non-hydrogen) atoms. The molecule has 0 radical (unpaired) electrons. The molecule has 1 aliphatic rings. The Balaban J connectivity index is 1.91. The summed E-state index contributed by atoms with van der Waals surface area (Å²) in [6.45, 7) is 3.07. The Kier molecular flexibility index (Phi) is 8.21. The van der Waals surface area contributed by atoms with E-state index in [1.807, 2.05) is 4.90 Å². The smallest absolute Gasteiger partial charge is 0.222 e. The van der Waals surface area contributed by atoms with Gasteiger partial charge in [-0.3, -0.25) is 9.59 Å². The van der Waals surface area contributed by atoms with Crippen LogP contribution in [0.5, 0.6) is 0 Å². The summed E-state index contributed by atoms with van der Waals surface area (Å²) in [6, 6.07) is 0. The molecular formula is C14H27N3O2. The van der Waals surface area contributed by atoms with E-state index in [0.717, 1.165) is 58.2 Å². The molecule has 1 aliphatic heterocycles. The largest absolute Gasteiger partial charge is 0.356 e. The highest BCUT2D eigenvalue weighted by atomic mass is 16.2. The molecule has 0 spiro atoms. The maximum absolute atomic E-state index is 11.5. The number of carbonyl (C=O) groups is 2. The predicted molar refractivity (Wildman–Crippen MR) is 75.6 cm³/mol. The van der Waals surface area contributed by atoms with Gasteiger partial charge in [0.25, 0.3) is 0 Å². The Hall–Kier alpha value is -1.10. The first-order chi connectivity index (χ1) is 9.24. The highest BCUT2D eigenvalue weighted by molar-refractivity contribution is 5.78. The number of nitrogens with one attached hydrogen (secondary N) is 1. The molecule has 1 fully saturated rings. The molecule has 0 aromatic carbocycles. The molecule has 1 heterocycles. The third kappa shape index (κ3) is 7.15. The van der Waals surface area contributed by atoms with E-state index in [0.29, 0.717) is 19.4 Å². The maximum atomic E-state index is 11.5. The van der Waals surface area contributed by atoms with Crippen molar-refractivity contribution < 1.29 is 9.59 Å². The maximum Gasteiger partial charge on any atom is 0.222 e. The molecular weight excluding hydrogens is 242 g/mol.